The van der Waals surface area contributed by atoms with E-state index in [1.807, 2.05) is 6.20 Å². The molecule has 1 fully saturated rings. The maximum absolute atomic E-state index is 4.19. The summed E-state index contributed by atoms with van der Waals surface area (Å²) < 4.78 is 0. The fourth-order valence-corrected chi connectivity index (χ4v) is 3.01. The van der Waals surface area contributed by atoms with Crippen molar-refractivity contribution in [2.75, 3.05) is 19.6 Å². The molecule has 1 atom stereocenters. The molecule has 1 aromatic heterocycles. The lowest BCUT2D eigenvalue weighted by Crippen LogP contribution is -2.37. The largest absolute Gasteiger partial charge is 0.311 e. The van der Waals surface area contributed by atoms with Gasteiger partial charge in [-0.2, -0.15) is 5.10 Å². The summed E-state index contributed by atoms with van der Waals surface area (Å²) in [4.78, 5) is 2.58. The predicted molar refractivity (Wildman–Crippen MR) is 79.3 cm³/mol. The van der Waals surface area contributed by atoms with Crippen molar-refractivity contribution in [3.8, 4) is 0 Å². The second-order valence-corrected chi connectivity index (χ2v) is 6.58. The third kappa shape index (κ3) is 3.57. The third-order valence-corrected chi connectivity index (χ3v) is 4.07. The van der Waals surface area contributed by atoms with Crippen LogP contribution in [0.15, 0.2) is 6.20 Å². The van der Waals surface area contributed by atoms with Gasteiger partial charge in [0.1, 0.15) is 0 Å². The summed E-state index contributed by atoms with van der Waals surface area (Å²) in [5, 5.41) is 10.9. The van der Waals surface area contributed by atoms with E-state index in [0.717, 1.165) is 19.1 Å². The quantitative estimate of drug-likeness (QED) is 0.857. The van der Waals surface area contributed by atoms with Crippen molar-refractivity contribution >= 4 is 0 Å². The van der Waals surface area contributed by atoms with Gasteiger partial charge in [-0.3, -0.25) is 10.00 Å². The van der Waals surface area contributed by atoms with Crippen LogP contribution in [0.5, 0.6) is 0 Å². The second kappa shape index (κ2) is 6.06. The Morgan fingerprint density at radius 2 is 2.26 bits per heavy atom. The van der Waals surface area contributed by atoms with Gasteiger partial charge in [0.15, 0.2) is 0 Å². The summed E-state index contributed by atoms with van der Waals surface area (Å²) in [6, 6.07) is 0.718. The lowest BCUT2D eigenvalue weighted by molar-refractivity contribution is 0.260. The molecule has 2 rings (SSSR count). The summed E-state index contributed by atoms with van der Waals surface area (Å²) >= 11 is 0. The molecule has 1 aliphatic heterocycles. The van der Waals surface area contributed by atoms with Crippen LogP contribution in [0, 0.1) is 0 Å². The zero-order valence-electron chi connectivity index (χ0n) is 12.8. The van der Waals surface area contributed by atoms with Crippen LogP contribution in [0.1, 0.15) is 51.8 Å². The number of rotatable bonds is 5. The van der Waals surface area contributed by atoms with Gasteiger partial charge in [-0.1, -0.05) is 27.7 Å². The van der Waals surface area contributed by atoms with Crippen LogP contribution in [0.4, 0.5) is 0 Å². The highest BCUT2D eigenvalue weighted by molar-refractivity contribution is 5.23. The van der Waals surface area contributed by atoms with Crippen LogP contribution >= 0.6 is 0 Å². The first-order valence-electron chi connectivity index (χ1n) is 7.50. The van der Waals surface area contributed by atoms with Crippen LogP contribution in [0.2, 0.25) is 0 Å². The Hall–Kier alpha value is -0.870. The number of H-pyrrole nitrogens is 1. The van der Waals surface area contributed by atoms with Crippen LogP contribution in [0.3, 0.4) is 0 Å². The molecule has 0 aromatic carbocycles. The number of aromatic amines is 1. The number of aromatic nitrogens is 2. The third-order valence-electron chi connectivity index (χ3n) is 4.07. The molecule has 1 saturated heterocycles. The van der Waals surface area contributed by atoms with Gasteiger partial charge in [0.2, 0.25) is 0 Å². The topological polar surface area (TPSA) is 44.0 Å². The highest BCUT2D eigenvalue weighted by Gasteiger charge is 2.23. The standard InChI is InChI=1S/C15H28N4/c1-5-19-8-6-7-13(19)11-16-9-12-10-17-18-14(12)15(2,3)4/h10,13,16H,5-9,11H2,1-4H3,(H,17,18). The zero-order valence-corrected chi connectivity index (χ0v) is 12.8. The number of likely N-dealkylation sites (tertiary alicyclic amines) is 1. The van der Waals surface area contributed by atoms with Gasteiger partial charge in [-0.15, -0.1) is 0 Å². The monoisotopic (exact) mass is 264 g/mol. The number of hydrogen-bond donors (Lipinski definition) is 2. The lowest BCUT2D eigenvalue weighted by atomic mass is 9.89. The van der Waals surface area contributed by atoms with Gasteiger partial charge < -0.3 is 5.32 Å². The van der Waals surface area contributed by atoms with Gasteiger partial charge in [-0.05, 0) is 25.9 Å². The van der Waals surface area contributed by atoms with Gasteiger partial charge in [0.25, 0.3) is 0 Å². The molecule has 19 heavy (non-hydrogen) atoms. The predicted octanol–water partition coefficient (Wildman–Crippen LogP) is 2.28. The maximum atomic E-state index is 4.19. The Balaban J connectivity index is 1.85. The van der Waals surface area contributed by atoms with Crippen molar-refractivity contribution < 1.29 is 0 Å². The van der Waals surface area contributed by atoms with Gasteiger partial charge in [0.05, 0.1) is 6.20 Å². The van der Waals surface area contributed by atoms with E-state index < -0.39 is 0 Å². The van der Waals surface area contributed by atoms with Crippen molar-refractivity contribution in [2.45, 2.75) is 58.5 Å². The van der Waals surface area contributed by atoms with Crippen molar-refractivity contribution in [2.24, 2.45) is 0 Å². The SMILES string of the molecule is CCN1CCCC1CNCc1cn[nH]c1C(C)(C)C. The average molecular weight is 264 g/mol. The Morgan fingerprint density at radius 3 is 2.95 bits per heavy atom. The molecule has 4 heteroatoms. The van der Waals surface area contributed by atoms with Crippen LogP contribution in [0.25, 0.3) is 0 Å². The molecule has 0 amide bonds. The molecular formula is C15H28N4. The van der Waals surface area contributed by atoms with Crippen LogP contribution in [-0.2, 0) is 12.0 Å². The van der Waals surface area contributed by atoms with Crippen LogP contribution in [-0.4, -0.2) is 40.8 Å². The molecule has 1 aliphatic rings. The van der Waals surface area contributed by atoms with E-state index in [-0.39, 0.29) is 5.41 Å². The average Bonchev–Trinajstić information content (AvgIpc) is 2.96. The van der Waals surface area contributed by atoms with Crippen molar-refractivity contribution in [3.63, 3.8) is 0 Å². The fourth-order valence-electron chi connectivity index (χ4n) is 3.01. The van der Waals surface area contributed by atoms with E-state index in [1.54, 1.807) is 0 Å². The van der Waals surface area contributed by atoms with Gasteiger partial charge in [0, 0.05) is 35.8 Å². The van der Waals surface area contributed by atoms with Gasteiger partial charge >= 0.3 is 0 Å². The Morgan fingerprint density at radius 1 is 1.47 bits per heavy atom. The Labute approximate surface area is 117 Å². The molecule has 108 valence electrons. The number of nitrogens with one attached hydrogen (secondary N) is 2. The zero-order chi connectivity index (χ0) is 13.9. The minimum Gasteiger partial charge on any atom is -0.311 e. The van der Waals surface area contributed by atoms with E-state index in [0.29, 0.717) is 0 Å². The second-order valence-electron chi connectivity index (χ2n) is 6.58. The van der Waals surface area contributed by atoms with Crippen molar-refractivity contribution in [1.29, 1.82) is 0 Å². The minimum absolute atomic E-state index is 0.135. The highest BCUT2D eigenvalue weighted by atomic mass is 15.2. The number of hydrogen-bond acceptors (Lipinski definition) is 3. The first kappa shape index (κ1) is 14.5. The van der Waals surface area contributed by atoms with Crippen molar-refractivity contribution in [1.82, 2.24) is 20.4 Å². The summed E-state index contributed by atoms with van der Waals surface area (Å²) in [7, 11) is 0. The van der Waals surface area contributed by atoms with Gasteiger partial charge in [-0.25, -0.2) is 0 Å². The molecule has 0 aliphatic carbocycles. The number of nitrogens with zero attached hydrogens (tertiary/aromatic N) is 2. The van der Waals surface area contributed by atoms with Crippen LogP contribution < -0.4 is 5.32 Å². The van der Waals surface area contributed by atoms with E-state index in [4.69, 9.17) is 0 Å². The molecular weight excluding hydrogens is 236 g/mol. The van der Waals surface area contributed by atoms with E-state index in [9.17, 15) is 0 Å². The maximum Gasteiger partial charge on any atom is 0.0535 e. The Bertz CT molecular complexity index is 391. The number of likely N-dealkylation sites (N-methyl/N-ethyl adjacent to an activating group) is 1. The molecule has 4 nitrogen and oxygen atoms in total. The smallest absolute Gasteiger partial charge is 0.0535 e. The molecule has 2 heterocycles. The first-order chi connectivity index (χ1) is 9.02. The molecule has 0 saturated carbocycles. The molecule has 1 aromatic rings. The highest BCUT2D eigenvalue weighted by Crippen LogP contribution is 2.23. The molecule has 0 bridgehead atoms. The minimum atomic E-state index is 0.135. The molecule has 1 unspecified atom stereocenters. The summed E-state index contributed by atoms with van der Waals surface area (Å²) in [6.07, 6.45) is 4.64. The molecule has 2 N–H and O–H groups in total. The summed E-state index contributed by atoms with van der Waals surface area (Å²) in [5.74, 6) is 0. The normalized spacial score (nSPS) is 21.2. The summed E-state index contributed by atoms with van der Waals surface area (Å²) in [5.41, 5.74) is 2.68. The fraction of sp³-hybridized carbons (Fsp3) is 0.800. The Kier molecular flexibility index (Phi) is 4.63. The van der Waals surface area contributed by atoms with Crippen molar-refractivity contribution in [3.05, 3.63) is 17.5 Å². The van der Waals surface area contributed by atoms with E-state index >= 15 is 0 Å². The summed E-state index contributed by atoms with van der Waals surface area (Å²) in [6.45, 7) is 13.4. The first-order valence-corrected chi connectivity index (χ1v) is 7.50. The van der Waals surface area contributed by atoms with E-state index in [1.165, 1.54) is 37.2 Å². The molecule has 0 radical (unpaired) electrons. The molecule has 0 spiro atoms. The van der Waals surface area contributed by atoms with E-state index in [2.05, 4.69) is 48.1 Å². The lowest BCUT2D eigenvalue weighted by Gasteiger charge is -2.23.